The maximum absolute atomic E-state index is 5.99. The van der Waals surface area contributed by atoms with E-state index in [1.165, 1.54) is 32.1 Å². The molecule has 3 unspecified atom stereocenters. The zero-order valence-corrected chi connectivity index (χ0v) is 9.61. The third kappa shape index (κ3) is 1.52. The molecule has 0 aromatic carbocycles. The van der Waals surface area contributed by atoms with Gasteiger partial charge in [0.05, 0.1) is 0 Å². The Bertz CT molecular complexity index is 188. The van der Waals surface area contributed by atoms with Gasteiger partial charge in [-0.3, -0.25) is 0 Å². The van der Waals surface area contributed by atoms with Crippen molar-refractivity contribution in [3.63, 3.8) is 0 Å². The highest BCUT2D eigenvalue weighted by molar-refractivity contribution is 6.18. The van der Waals surface area contributed by atoms with E-state index in [2.05, 4.69) is 13.8 Å². The topological polar surface area (TPSA) is 0 Å². The zero-order valence-electron chi connectivity index (χ0n) is 8.85. The van der Waals surface area contributed by atoms with Gasteiger partial charge in [-0.05, 0) is 42.4 Å². The fraction of sp³-hybridized carbons (Fsp3) is 1.00. The first kappa shape index (κ1) is 9.83. The molecule has 0 aliphatic heterocycles. The Hall–Kier alpha value is 0.290. The molecule has 3 atom stereocenters. The van der Waals surface area contributed by atoms with E-state index in [0.717, 1.165) is 23.6 Å². The Morgan fingerprint density at radius 2 is 2.15 bits per heavy atom. The molecule has 0 aromatic heterocycles. The number of rotatable bonds is 2. The van der Waals surface area contributed by atoms with Crippen molar-refractivity contribution in [3.8, 4) is 0 Å². The van der Waals surface area contributed by atoms with Crippen LogP contribution >= 0.6 is 11.6 Å². The van der Waals surface area contributed by atoms with E-state index in [0.29, 0.717) is 5.41 Å². The van der Waals surface area contributed by atoms with Crippen LogP contribution in [0, 0.1) is 23.2 Å². The van der Waals surface area contributed by atoms with Crippen molar-refractivity contribution >= 4 is 11.6 Å². The number of hydrogen-bond donors (Lipinski definition) is 0. The van der Waals surface area contributed by atoms with Gasteiger partial charge >= 0.3 is 0 Å². The average Bonchev–Trinajstić information content (AvgIpc) is 2.79. The molecule has 0 amide bonds. The molecule has 0 radical (unpaired) electrons. The smallest absolute Gasteiger partial charge is 0.0257 e. The predicted molar refractivity (Wildman–Crippen MR) is 58.1 cm³/mol. The SMILES string of the molecule is CC(C)C1CCCCC12CC2CCl. The molecular formula is C12H21Cl. The summed E-state index contributed by atoms with van der Waals surface area (Å²) in [5, 5.41) is 0. The van der Waals surface area contributed by atoms with Crippen LogP contribution in [0.1, 0.15) is 46.0 Å². The number of hydrogen-bond acceptors (Lipinski definition) is 0. The summed E-state index contributed by atoms with van der Waals surface area (Å²) in [5.41, 5.74) is 0.703. The lowest BCUT2D eigenvalue weighted by Gasteiger charge is -2.36. The molecule has 2 saturated carbocycles. The van der Waals surface area contributed by atoms with Gasteiger partial charge in [-0.2, -0.15) is 0 Å². The quantitative estimate of drug-likeness (QED) is 0.590. The van der Waals surface area contributed by atoms with E-state index in [1.807, 2.05) is 0 Å². The van der Waals surface area contributed by atoms with Gasteiger partial charge in [0, 0.05) is 5.88 Å². The molecule has 0 heterocycles. The summed E-state index contributed by atoms with van der Waals surface area (Å²) in [6.07, 6.45) is 7.27. The largest absolute Gasteiger partial charge is 0.126 e. The molecule has 0 N–H and O–H groups in total. The maximum Gasteiger partial charge on any atom is 0.0257 e. The van der Waals surface area contributed by atoms with Gasteiger partial charge < -0.3 is 0 Å². The van der Waals surface area contributed by atoms with Gasteiger partial charge in [0.25, 0.3) is 0 Å². The molecule has 0 bridgehead atoms. The second-order valence-electron chi connectivity index (χ2n) is 5.38. The lowest BCUT2D eigenvalue weighted by atomic mass is 9.70. The Balaban J connectivity index is 2.07. The summed E-state index contributed by atoms with van der Waals surface area (Å²) in [6, 6.07) is 0. The van der Waals surface area contributed by atoms with Crippen molar-refractivity contribution in [2.24, 2.45) is 23.2 Å². The first-order valence-corrected chi connectivity index (χ1v) is 6.30. The van der Waals surface area contributed by atoms with Crippen LogP contribution in [0.25, 0.3) is 0 Å². The average molecular weight is 201 g/mol. The Labute approximate surface area is 87.0 Å². The van der Waals surface area contributed by atoms with Crippen LogP contribution in [-0.2, 0) is 0 Å². The minimum absolute atomic E-state index is 0.703. The fourth-order valence-electron chi connectivity index (χ4n) is 3.66. The van der Waals surface area contributed by atoms with Crippen molar-refractivity contribution in [2.75, 3.05) is 5.88 Å². The zero-order chi connectivity index (χ0) is 9.47. The molecule has 76 valence electrons. The van der Waals surface area contributed by atoms with E-state index in [4.69, 9.17) is 11.6 Å². The molecule has 1 heteroatoms. The van der Waals surface area contributed by atoms with E-state index >= 15 is 0 Å². The Morgan fingerprint density at radius 3 is 2.69 bits per heavy atom. The van der Waals surface area contributed by atoms with Crippen LogP contribution in [0.15, 0.2) is 0 Å². The van der Waals surface area contributed by atoms with Gasteiger partial charge in [0.15, 0.2) is 0 Å². The van der Waals surface area contributed by atoms with E-state index < -0.39 is 0 Å². The van der Waals surface area contributed by atoms with E-state index in [1.54, 1.807) is 0 Å². The summed E-state index contributed by atoms with van der Waals surface area (Å²) < 4.78 is 0. The van der Waals surface area contributed by atoms with Gasteiger partial charge in [0.1, 0.15) is 0 Å². The van der Waals surface area contributed by atoms with Crippen LogP contribution in [0.2, 0.25) is 0 Å². The molecule has 2 aliphatic rings. The summed E-state index contributed by atoms with van der Waals surface area (Å²) in [7, 11) is 0. The van der Waals surface area contributed by atoms with Crippen LogP contribution in [-0.4, -0.2) is 5.88 Å². The number of alkyl halides is 1. The highest BCUT2D eigenvalue weighted by atomic mass is 35.5. The lowest BCUT2D eigenvalue weighted by Crippen LogP contribution is -2.27. The molecule has 13 heavy (non-hydrogen) atoms. The summed E-state index contributed by atoms with van der Waals surface area (Å²) >= 11 is 5.99. The fourth-order valence-corrected chi connectivity index (χ4v) is 4.07. The minimum atomic E-state index is 0.703. The highest BCUT2D eigenvalue weighted by Gasteiger charge is 2.58. The van der Waals surface area contributed by atoms with Gasteiger partial charge in [-0.1, -0.05) is 26.7 Å². The third-order valence-corrected chi connectivity index (χ3v) is 4.79. The predicted octanol–water partition coefficient (Wildman–Crippen LogP) is 4.08. The van der Waals surface area contributed by atoms with Gasteiger partial charge in [-0.25, -0.2) is 0 Å². The van der Waals surface area contributed by atoms with Crippen LogP contribution in [0.3, 0.4) is 0 Å². The molecule has 0 nitrogen and oxygen atoms in total. The second kappa shape index (κ2) is 3.46. The van der Waals surface area contributed by atoms with Crippen LogP contribution in [0.5, 0.6) is 0 Å². The molecular weight excluding hydrogens is 180 g/mol. The Morgan fingerprint density at radius 1 is 1.38 bits per heavy atom. The Kier molecular flexibility index (Phi) is 2.61. The van der Waals surface area contributed by atoms with Crippen molar-refractivity contribution < 1.29 is 0 Å². The van der Waals surface area contributed by atoms with Gasteiger partial charge in [0.2, 0.25) is 0 Å². The lowest BCUT2D eigenvalue weighted by molar-refractivity contribution is 0.145. The molecule has 2 fully saturated rings. The molecule has 2 rings (SSSR count). The third-order valence-electron chi connectivity index (χ3n) is 4.42. The van der Waals surface area contributed by atoms with Gasteiger partial charge in [-0.15, -0.1) is 11.6 Å². The van der Waals surface area contributed by atoms with E-state index in [-0.39, 0.29) is 0 Å². The number of halogens is 1. The maximum atomic E-state index is 5.99. The van der Waals surface area contributed by atoms with Crippen LogP contribution in [0.4, 0.5) is 0 Å². The molecule has 2 aliphatic carbocycles. The summed E-state index contributed by atoms with van der Waals surface area (Å²) in [5.74, 6) is 3.61. The first-order chi connectivity index (χ1) is 6.20. The normalized spacial score (nSPS) is 44.3. The monoisotopic (exact) mass is 200 g/mol. The first-order valence-electron chi connectivity index (χ1n) is 5.76. The van der Waals surface area contributed by atoms with E-state index in [9.17, 15) is 0 Å². The van der Waals surface area contributed by atoms with Crippen LogP contribution < -0.4 is 0 Å². The standard InChI is InChI=1S/C12H21Cl/c1-9(2)11-5-3-4-6-12(11)7-10(12)8-13/h9-11H,3-8H2,1-2H3. The minimum Gasteiger partial charge on any atom is -0.126 e. The second-order valence-corrected chi connectivity index (χ2v) is 5.69. The molecule has 0 saturated heterocycles. The molecule has 1 spiro atoms. The molecule has 0 aromatic rings. The van der Waals surface area contributed by atoms with Crippen molar-refractivity contribution in [1.29, 1.82) is 0 Å². The van der Waals surface area contributed by atoms with Crippen molar-refractivity contribution in [3.05, 3.63) is 0 Å². The van der Waals surface area contributed by atoms with Crippen molar-refractivity contribution in [2.45, 2.75) is 46.0 Å². The summed E-state index contributed by atoms with van der Waals surface area (Å²) in [6.45, 7) is 4.78. The highest BCUT2D eigenvalue weighted by Crippen LogP contribution is 2.66. The van der Waals surface area contributed by atoms with Crippen molar-refractivity contribution in [1.82, 2.24) is 0 Å². The summed E-state index contributed by atoms with van der Waals surface area (Å²) in [4.78, 5) is 0.